The van der Waals surface area contributed by atoms with Gasteiger partial charge in [0.05, 0.1) is 5.69 Å². The van der Waals surface area contributed by atoms with E-state index < -0.39 is 0 Å². The molecule has 1 fully saturated rings. The van der Waals surface area contributed by atoms with Crippen molar-refractivity contribution in [3.05, 3.63) is 17.0 Å². The summed E-state index contributed by atoms with van der Waals surface area (Å²) >= 11 is 0. The van der Waals surface area contributed by atoms with Gasteiger partial charge in [-0.15, -0.1) is 24.0 Å². The van der Waals surface area contributed by atoms with Gasteiger partial charge < -0.3 is 20.1 Å². The van der Waals surface area contributed by atoms with Gasteiger partial charge in [-0.2, -0.15) is 0 Å². The average molecular weight is 491 g/mol. The van der Waals surface area contributed by atoms with Crippen LogP contribution in [0, 0.1) is 0 Å². The number of halogens is 1. The molecular weight excluding hydrogens is 457 g/mol. The van der Waals surface area contributed by atoms with Gasteiger partial charge in [0.25, 0.3) is 0 Å². The van der Waals surface area contributed by atoms with Crippen LogP contribution >= 0.6 is 24.0 Å². The average Bonchev–Trinajstić information content (AvgIpc) is 3.06. The van der Waals surface area contributed by atoms with E-state index in [1.54, 1.807) is 7.05 Å². The van der Waals surface area contributed by atoms with E-state index in [1.165, 1.54) is 6.42 Å². The lowest BCUT2D eigenvalue weighted by Gasteiger charge is -2.33. The summed E-state index contributed by atoms with van der Waals surface area (Å²) in [6.07, 6.45) is 5.60. The van der Waals surface area contributed by atoms with Gasteiger partial charge in [-0.25, -0.2) is 0 Å². The van der Waals surface area contributed by atoms with E-state index in [0.717, 1.165) is 49.2 Å². The number of nitrogens with zero attached hydrogens (tertiary/aromatic N) is 3. The Hall–Kier alpha value is -1.32. The fraction of sp³-hybridized carbons (Fsp3) is 0.737. The van der Waals surface area contributed by atoms with Crippen LogP contribution in [0.3, 0.4) is 0 Å². The van der Waals surface area contributed by atoms with Crippen LogP contribution in [0.4, 0.5) is 0 Å². The summed E-state index contributed by atoms with van der Waals surface area (Å²) < 4.78 is 5.39. The zero-order valence-corrected chi connectivity index (χ0v) is 19.3. The lowest BCUT2D eigenvalue weighted by atomic mass is 10.0. The lowest BCUT2D eigenvalue weighted by molar-refractivity contribution is -0.134. The van der Waals surface area contributed by atoms with Crippen molar-refractivity contribution < 1.29 is 9.32 Å². The van der Waals surface area contributed by atoms with Crippen molar-refractivity contribution in [3.8, 4) is 0 Å². The van der Waals surface area contributed by atoms with E-state index in [2.05, 4.69) is 41.6 Å². The molecule has 0 saturated carbocycles. The number of carbonyl (C=O) groups is 1. The second kappa shape index (κ2) is 12.2. The smallest absolute Gasteiger partial charge is 0.224 e. The van der Waals surface area contributed by atoms with Crippen LogP contribution in [-0.4, -0.2) is 48.1 Å². The van der Waals surface area contributed by atoms with Gasteiger partial charge in [-0.05, 0) is 32.6 Å². The maximum Gasteiger partial charge on any atom is 0.224 e. The third-order valence-electron chi connectivity index (χ3n) is 5.02. The molecule has 1 amide bonds. The van der Waals surface area contributed by atoms with Gasteiger partial charge in [-0.3, -0.25) is 9.79 Å². The Balaban J connectivity index is 0.00000364. The summed E-state index contributed by atoms with van der Waals surface area (Å²) in [4.78, 5) is 18.6. The van der Waals surface area contributed by atoms with Gasteiger partial charge in [0.2, 0.25) is 5.91 Å². The first kappa shape index (κ1) is 23.7. The molecule has 7 nitrogen and oxygen atoms in total. The molecule has 1 atom stereocenters. The van der Waals surface area contributed by atoms with E-state index >= 15 is 0 Å². The number of aliphatic imine (C=N–C) groups is 1. The summed E-state index contributed by atoms with van der Waals surface area (Å²) in [6, 6.07) is 0.363. The van der Waals surface area contributed by atoms with Crippen molar-refractivity contribution in [2.24, 2.45) is 4.99 Å². The van der Waals surface area contributed by atoms with E-state index in [-0.39, 0.29) is 29.9 Å². The number of piperidine rings is 1. The number of aryl methyl sites for hydroxylation is 2. The van der Waals surface area contributed by atoms with Crippen LogP contribution in [0.15, 0.2) is 9.52 Å². The molecule has 1 aromatic rings. The molecule has 1 aliphatic rings. The predicted molar refractivity (Wildman–Crippen MR) is 119 cm³/mol. The number of likely N-dealkylation sites (tertiary alicyclic amines) is 1. The van der Waals surface area contributed by atoms with Crippen molar-refractivity contribution in [1.29, 1.82) is 0 Å². The van der Waals surface area contributed by atoms with E-state index in [0.29, 0.717) is 31.5 Å². The molecule has 0 radical (unpaired) electrons. The van der Waals surface area contributed by atoms with Crippen molar-refractivity contribution in [2.45, 2.75) is 71.9 Å². The highest BCUT2D eigenvalue weighted by Gasteiger charge is 2.22. The van der Waals surface area contributed by atoms with Crippen molar-refractivity contribution in [1.82, 2.24) is 20.7 Å². The summed E-state index contributed by atoms with van der Waals surface area (Å²) in [5, 5.41) is 10.7. The number of guanidine groups is 1. The second-order valence-electron chi connectivity index (χ2n) is 6.77. The van der Waals surface area contributed by atoms with Crippen LogP contribution in [0.25, 0.3) is 0 Å². The fourth-order valence-corrected chi connectivity index (χ4v) is 3.43. The molecule has 0 spiro atoms. The number of amides is 1. The number of rotatable bonds is 7. The lowest BCUT2D eigenvalue weighted by Crippen LogP contribution is -2.44. The van der Waals surface area contributed by atoms with Gasteiger partial charge in [0.15, 0.2) is 5.96 Å². The number of nitrogens with one attached hydrogen (secondary N) is 2. The van der Waals surface area contributed by atoms with Gasteiger partial charge in [-0.1, -0.05) is 19.0 Å². The van der Waals surface area contributed by atoms with E-state index in [9.17, 15) is 4.79 Å². The predicted octanol–water partition coefficient (Wildman–Crippen LogP) is 2.87. The molecule has 1 aliphatic heterocycles. The number of hydrogen-bond donors (Lipinski definition) is 2. The maximum atomic E-state index is 12.4. The zero-order valence-electron chi connectivity index (χ0n) is 17.0. The van der Waals surface area contributed by atoms with Crippen molar-refractivity contribution in [2.75, 3.05) is 20.1 Å². The van der Waals surface area contributed by atoms with E-state index in [4.69, 9.17) is 4.52 Å². The number of carbonyl (C=O) groups excluding carboxylic acids is 1. The molecule has 8 heteroatoms. The molecule has 0 aliphatic carbocycles. The van der Waals surface area contributed by atoms with Crippen LogP contribution in [-0.2, 0) is 24.2 Å². The summed E-state index contributed by atoms with van der Waals surface area (Å²) in [5.74, 6) is 1.83. The highest BCUT2D eigenvalue weighted by molar-refractivity contribution is 14.0. The minimum atomic E-state index is 0. The number of aromatic nitrogens is 1. The van der Waals surface area contributed by atoms with Gasteiger partial charge >= 0.3 is 0 Å². The normalized spacial score (nSPS) is 17.4. The standard InChI is InChI=1S/C19H33N5O2.HI/c1-5-16-15(17(6-2)26-23-16)13-22-19(20-4)21-11-10-18(25)24-12-8-7-9-14(24)3;/h14H,5-13H2,1-4H3,(H2,20,21,22);1H. The van der Waals surface area contributed by atoms with Crippen LogP contribution in [0.5, 0.6) is 0 Å². The highest BCUT2D eigenvalue weighted by Crippen LogP contribution is 2.17. The van der Waals surface area contributed by atoms with Crippen LogP contribution in [0.1, 0.15) is 63.5 Å². The molecule has 2 heterocycles. The quantitative estimate of drug-likeness (QED) is 0.348. The van der Waals surface area contributed by atoms with E-state index in [1.807, 2.05) is 4.90 Å². The molecule has 0 bridgehead atoms. The Labute approximate surface area is 179 Å². The third kappa shape index (κ3) is 6.65. The van der Waals surface area contributed by atoms with Gasteiger partial charge in [0.1, 0.15) is 5.76 Å². The van der Waals surface area contributed by atoms with Crippen LogP contribution in [0.2, 0.25) is 0 Å². The van der Waals surface area contributed by atoms with Crippen molar-refractivity contribution >= 4 is 35.8 Å². The molecule has 1 unspecified atom stereocenters. The molecule has 2 N–H and O–H groups in total. The topological polar surface area (TPSA) is 82.8 Å². The molecule has 2 rings (SSSR count). The zero-order chi connectivity index (χ0) is 18.9. The Kier molecular flexibility index (Phi) is 10.7. The second-order valence-corrected chi connectivity index (χ2v) is 6.77. The first-order valence-electron chi connectivity index (χ1n) is 9.80. The monoisotopic (exact) mass is 491 g/mol. The molecule has 1 aromatic heterocycles. The Morgan fingerprint density at radius 3 is 2.70 bits per heavy atom. The fourth-order valence-electron chi connectivity index (χ4n) is 3.43. The third-order valence-corrected chi connectivity index (χ3v) is 5.02. The number of hydrogen-bond acceptors (Lipinski definition) is 4. The SMILES string of the molecule is CCc1noc(CC)c1CNC(=NC)NCCC(=O)N1CCCCC1C.I. The largest absolute Gasteiger partial charge is 0.361 e. The summed E-state index contributed by atoms with van der Waals surface area (Å²) in [5.41, 5.74) is 2.09. The minimum Gasteiger partial charge on any atom is -0.361 e. The summed E-state index contributed by atoms with van der Waals surface area (Å²) in [6.45, 7) is 8.35. The maximum absolute atomic E-state index is 12.4. The van der Waals surface area contributed by atoms with Crippen LogP contribution < -0.4 is 10.6 Å². The van der Waals surface area contributed by atoms with Gasteiger partial charge in [0, 0.05) is 51.1 Å². The molecular formula is C19H34IN5O2. The first-order chi connectivity index (χ1) is 12.6. The highest BCUT2D eigenvalue weighted by atomic mass is 127. The minimum absolute atomic E-state index is 0. The molecule has 154 valence electrons. The molecule has 1 saturated heterocycles. The Morgan fingerprint density at radius 2 is 2.07 bits per heavy atom. The Bertz CT molecular complexity index is 596. The molecule has 27 heavy (non-hydrogen) atoms. The molecule has 0 aromatic carbocycles. The summed E-state index contributed by atoms with van der Waals surface area (Å²) in [7, 11) is 1.74. The first-order valence-corrected chi connectivity index (χ1v) is 9.80. The Morgan fingerprint density at radius 1 is 1.30 bits per heavy atom. The van der Waals surface area contributed by atoms with Crippen molar-refractivity contribution in [3.63, 3.8) is 0 Å².